The van der Waals surface area contributed by atoms with Crippen molar-refractivity contribution in [2.24, 2.45) is 0 Å². The Morgan fingerprint density at radius 3 is 1.89 bits per heavy atom. The van der Waals surface area contributed by atoms with Gasteiger partial charge >= 0.3 is 5.97 Å². The van der Waals surface area contributed by atoms with Crippen LogP contribution in [0.4, 0.5) is 11.4 Å². The lowest BCUT2D eigenvalue weighted by atomic mass is 10.2. The predicted molar refractivity (Wildman–Crippen MR) is 70.8 cm³/mol. The van der Waals surface area contributed by atoms with E-state index < -0.39 is 11.9 Å². The van der Waals surface area contributed by atoms with Crippen molar-refractivity contribution >= 4 is 29.2 Å². The third kappa shape index (κ3) is 5.03. The van der Waals surface area contributed by atoms with E-state index in [4.69, 9.17) is 5.11 Å². The summed E-state index contributed by atoms with van der Waals surface area (Å²) in [6.07, 6.45) is 1.00. The SMILES string of the molecule is CC(=O)Nc1ccc(NC(=O)/C=C(\C)C(=O)O)cc1. The molecule has 6 nitrogen and oxygen atoms in total. The highest BCUT2D eigenvalue weighted by molar-refractivity contribution is 6.04. The molecule has 19 heavy (non-hydrogen) atoms. The number of carboxylic acids is 1. The van der Waals surface area contributed by atoms with E-state index in [1.54, 1.807) is 24.3 Å². The average molecular weight is 262 g/mol. The summed E-state index contributed by atoms with van der Waals surface area (Å²) in [5.74, 6) is -1.85. The summed E-state index contributed by atoms with van der Waals surface area (Å²) in [5, 5.41) is 13.7. The maximum Gasteiger partial charge on any atom is 0.331 e. The molecular formula is C13H14N2O4. The number of benzene rings is 1. The fraction of sp³-hybridized carbons (Fsp3) is 0.154. The Morgan fingerprint density at radius 2 is 1.47 bits per heavy atom. The van der Waals surface area contributed by atoms with Crippen LogP contribution in [0, 0.1) is 0 Å². The number of carbonyl (C=O) groups excluding carboxylic acids is 2. The largest absolute Gasteiger partial charge is 0.478 e. The zero-order valence-electron chi connectivity index (χ0n) is 10.6. The number of anilines is 2. The molecule has 0 spiro atoms. The molecule has 0 aliphatic rings. The van der Waals surface area contributed by atoms with Crippen LogP contribution in [0.5, 0.6) is 0 Å². The van der Waals surface area contributed by atoms with Gasteiger partial charge in [0.25, 0.3) is 0 Å². The predicted octanol–water partition coefficient (Wildman–Crippen LogP) is 1.61. The van der Waals surface area contributed by atoms with Crippen molar-refractivity contribution < 1.29 is 19.5 Å². The summed E-state index contributed by atoms with van der Waals surface area (Å²) in [6, 6.07) is 6.47. The van der Waals surface area contributed by atoms with Crippen molar-refractivity contribution in [3.63, 3.8) is 0 Å². The molecule has 0 aliphatic carbocycles. The molecule has 1 aromatic carbocycles. The topological polar surface area (TPSA) is 95.5 Å². The molecular weight excluding hydrogens is 248 g/mol. The van der Waals surface area contributed by atoms with Crippen LogP contribution in [0.1, 0.15) is 13.8 Å². The molecule has 0 heterocycles. The number of nitrogens with one attached hydrogen (secondary N) is 2. The average Bonchev–Trinajstić information content (AvgIpc) is 2.30. The van der Waals surface area contributed by atoms with E-state index in [0.717, 1.165) is 6.08 Å². The maximum atomic E-state index is 11.5. The van der Waals surface area contributed by atoms with Crippen LogP contribution in [-0.2, 0) is 14.4 Å². The van der Waals surface area contributed by atoms with Crippen molar-refractivity contribution in [3.05, 3.63) is 35.9 Å². The smallest absolute Gasteiger partial charge is 0.331 e. The number of hydrogen-bond acceptors (Lipinski definition) is 3. The van der Waals surface area contributed by atoms with Crippen molar-refractivity contribution in [1.29, 1.82) is 0 Å². The molecule has 0 fully saturated rings. The Kier molecular flexibility index (Phi) is 4.82. The zero-order valence-corrected chi connectivity index (χ0v) is 10.6. The molecule has 0 unspecified atom stereocenters. The Balaban J connectivity index is 2.68. The van der Waals surface area contributed by atoms with Gasteiger partial charge in [-0.2, -0.15) is 0 Å². The first-order valence-electron chi connectivity index (χ1n) is 5.48. The first kappa shape index (κ1) is 14.4. The van der Waals surface area contributed by atoms with Crippen molar-refractivity contribution in [2.45, 2.75) is 13.8 Å². The molecule has 3 N–H and O–H groups in total. The summed E-state index contributed by atoms with van der Waals surface area (Å²) in [5.41, 5.74) is 1.07. The molecule has 1 rings (SSSR count). The second-order valence-electron chi connectivity index (χ2n) is 3.88. The lowest BCUT2D eigenvalue weighted by Gasteiger charge is -2.05. The maximum absolute atomic E-state index is 11.5. The minimum absolute atomic E-state index is 0.0487. The van der Waals surface area contributed by atoms with E-state index in [2.05, 4.69) is 10.6 Å². The second-order valence-corrected chi connectivity index (χ2v) is 3.88. The first-order chi connectivity index (χ1) is 8.88. The monoisotopic (exact) mass is 262 g/mol. The zero-order chi connectivity index (χ0) is 14.4. The molecule has 0 radical (unpaired) electrons. The minimum atomic E-state index is -1.14. The lowest BCUT2D eigenvalue weighted by molar-refractivity contribution is -0.132. The first-order valence-corrected chi connectivity index (χ1v) is 5.48. The van der Waals surface area contributed by atoms with E-state index in [1.165, 1.54) is 13.8 Å². The molecule has 0 saturated heterocycles. The molecule has 6 heteroatoms. The van der Waals surface area contributed by atoms with Gasteiger partial charge in [0.1, 0.15) is 0 Å². The molecule has 100 valence electrons. The summed E-state index contributed by atoms with van der Waals surface area (Å²) in [4.78, 5) is 32.8. The molecule has 0 aromatic heterocycles. The molecule has 0 bridgehead atoms. The van der Waals surface area contributed by atoms with E-state index >= 15 is 0 Å². The highest BCUT2D eigenvalue weighted by Crippen LogP contribution is 2.13. The third-order valence-corrected chi connectivity index (χ3v) is 2.16. The molecule has 0 atom stereocenters. The van der Waals surface area contributed by atoms with Crippen LogP contribution in [0.2, 0.25) is 0 Å². The van der Waals surface area contributed by atoms with Crippen LogP contribution in [0.15, 0.2) is 35.9 Å². The normalized spacial score (nSPS) is 10.7. The summed E-state index contributed by atoms with van der Waals surface area (Å²) in [6.45, 7) is 2.73. The van der Waals surface area contributed by atoms with Gasteiger partial charge in [-0.3, -0.25) is 9.59 Å². The molecule has 0 aliphatic heterocycles. The van der Waals surface area contributed by atoms with Crippen molar-refractivity contribution in [2.75, 3.05) is 10.6 Å². The van der Waals surface area contributed by atoms with Gasteiger partial charge in [-0.1, -0.05) is 0 Å². The van der Waals surface area contributed by atoms with Crippen molar-refractivity contribution in [1.82, 2.24) is 0 Å². The number of amides is 2. The lowest BCUT2D eigenvalue weighted by Crippen LogP contribution is -2.11. The quantitative estimate of drug-likeness (QED) is 0.718. The molecule has 1 aromatic rings. The van der Waals surface area contributed by atoms with Gasteiger partial charge in [-0.15, -0.1) is 0 Å². The van der Waals surface area contributed by atoms with Crippen LogP contribution in [-0.4, -0.2) is 22.9 Å². The number of rotatable bonds is 4. The molecule has 2 amide bonds. The van der Waals surface area contributed by atoms with Gasteiger partial charge in [0, 0.05) is 29.9 Å². The number of hydrogen-bond donors (Lipinski definition) is 3. The van der Waals surface area contributed by atoms with Gasteiger partial charge in [-0.05, 0) is 31.2 Å². The van der Waals surface area contributed by atoms with Gasteiger partial charge in [0.2, 0.25) is 11.8 Å². The second kappa shape index (κ2) is 6.34. The van der Waals surface area contributed by atoms with E-state index in [0.29, 0.717) is 11.4 Å². The van der Waals surface area contributed by atoms with Crippen LogP contribution < -0.4 is 10.6 Å². The fourth-order valence-corrected chi connectivity index (χ4v) is 1.28. The number of carbonyl (C=O) groups is 3. The van der Waals surface area contributed by atoms with Gasteiger partial charge in [0.15, 0.2) is 0 Å². The summed E-state index contributed by atoms with van der Waals surface area (Å²) < 4.78 is 0. The minimum Gasteiger partial charge on any atom is -0.478 e. The van der Waals surface area contributed by atoms with Gasteiger partial charge in [-0.25, -0.2) is 4.79 Å². The Morgan fingerprint density at radius 1 is 1.00 bits per heavy atom. The third-order valence-electron chi connectivity index (χ3n) is 2.16. The van der Waals surface area contributed by atoms with Gasteiger partial charge in [0.05, 0.1) is 0 Å². The number of aliphatic carboxylic acids is 1. The van der Waals surface area contributed by atoms with E-state index in [-0.39, 0.29) is 11.5 Å². The summed E-state index contributed by atoms with van der Waals surface area (Å²) >= 11 is 0. The highest BCUT2D eigenvalue weighted by Gasteiger charge is 2.04. The highest BCUT2D eigenvalue weighted by atomic mass is 16.4. The van der Waals surface area contributed by atoms with Crippen LogP contribution in [0.3, 0.4) is 0 Å². The number of carboxylic acid groups (broad SMARTS) is 1. The molecule has 0 saturated carbocycles. The Labute approximate surface area is 110 Å². The fourth-order valence-electron chi connectivity index (χ4n) is 1.28. The van der Waals surface area contributed by atoms with E-state index in [9.17, 15) is 14.4 Å². The van der Waals surface area contributed by atoms with E-state index in [1.807, 2.05) is 0 Å². The van der Waals surface area contributed by atoms with Crippen LogP contribution in [0.25, 0.3) is 0 Å². The Hall–Kier alpha value is -2.63. The van der Waals surface area contributed by atoms with Crippen LogP contribution >= 0.6 is 0 Å². The standard InChI is InChI=1S/C13H14N2O4/c1-8(13(18)19)7-12(17)15-11-5-3-10(4-6-11)14-9(2)16/h3-7H,1-2H3,(H,14,16)(H,15,17)(H,18,19)/b8-7+. The van der Waals surface area contributed by atoms with Crippen molar-refractivity contribution in [3.8, 4) is 0 Å². The Bertz CT molecular complexity index is 532. The van der Waals surface area contributed by atoms with Gasteiger partial charge < -0.3 is 15.7 Å². The summed E-state index contributed by atoms with van der Waals surface area (Å²) in [7, 11) is 0.